The van der Waals surface area contributed by atoms with Crippen molar-refractivity contribution in [1.82, 2.24) is 4.98 Å². The van der Waals surface area contributed by atoms with Gasteiger partial charge in [0.2, 0.25) is 5.89 Å². The number of nitrogens with two attached hydrogens (primary N) is 2. The summed E-state index contributed by atoms with van der Waals surface area (Å²) in [5.74, 6) is 0.487. The minimum absolute atomic E-state index is 0.0408. The molecule has 3 aromatic rings. The molecular weight excluding hydrogens is 230 g/mol. The van der Waals surface area contributed by atoms with Crippen LogP contribution in [0.25, 0.3) is 22.6 Å². The largest absolute Gasteiger partial charge is 0.506 e. The Kier molecular flexibility index (Phi) is 2.13. The summed E-state index contributed by atoms with van der Waals surface area (Å²) in [5, 5.41) is 9.37. The Labute approximate surface area is 103 Å². The standard InChI is InChI=1S/C13H11N3O2/c14-8-2-4-12-10(6-8)16-13(18-12)7-1-3-11(17)9(15)5-7/h1-6,17H,14-15H2. The zero-order chi connectivity index (χ0) is 12.7. The molecule has 0 bridgehead atoms. The van der Waals surface area contributed by atoms with Crippen LogP contribution in [0.4, 0.5) is 11.4 Å². The molecule has 0 fully saturated rings. The molecule has 18 heavy (non-hydrogen) atoms. The van der Waals surface area contributed by atoms with Crippen molar-refractivity contribution in [3.63, 3.8) is 0 Å². The Hall–Kier alpha value is -2.69. The van der Waals surface area contributed by atoms with Crippen molar-refractivity contribution in [2.75, 3.05) is 11.5 Å². The molecule has 0 atom stereocenters. The summed E-state index contributed by atoms with van der Waals surface area (Å²) >= 11 is 0. The number of aromatic nitrogens is 1. The molecule has 5 nitrogen and oxygen atoms in total. The van der Waals surface area contributed by atoms with Crippen LogP contribution in [0.2, 0.25) is 0 Å². The van der Waals surface area contributed by atoms with E-state index in [1.165, 1.54) is 6.07 Å². The lowest BCUT2D eigenvalue weighted by Gasteiger charge is -1.99. The Balaban J connectivity index is 2.16. The van der Waals surface area contributed by atoms with E-state index in [1.54, 1.807) is 30.3 Å². The summed E-state index contributed by atoms with van der Waals surface area (Å²) in [7, 11) is 0. The predicted molar refractivity (Wildman–Crippen MR) is 69.9 cm³/mol. The summed E-state index contributed by atoms with van der Waals surface area (Å²) in [5.41, 5.74) is 14.3. The number of rotatable bonds is 1. The molecule has 0 saturated carbocycles. The molecule has 5 heteroatoms. The zero-order valence-electron chi connectivity index (χ0n) is 9.42. The van der Waals surface area contributed by atoms with Gasteiger partial charge in [-0.1, -0.05) is 0 Å². The first-order valence-corrected chi connectivity index (χ1v) is 5.38. The summed E-state index contributed by atoms with van der Waals surface area (Å²) in [4.78, 5) is 4.33. The maximum absolute atomic E-state index is 9.37. The van der Waals surface area contributed by atoms with Crippen LogP contribution in [0.3, 0.4) is 0 Å². The van der Waals surface area contributed by atoms with Gasteiger partial charge in [-0.2, -0.15) is 0 Å². The van der Waals surface area contributed by atoms with Crippen LogP contribution in [-0.4, -0.2) is 10.1 Å². The van der Waals surface area contributed by atoms with Crippen molar-refractivity contribution in [1.29, 1.82) is 0 Å². The average Bonchev–Trinajstić information content (AvgIpc) is 2.75. The first-order valence-electron chi connectivity index (χ1n) is 5.38. The average molecular weight is 241 g/mol. The number of nitrogens with zero attached hydrogens (tertiary/aromatic N) is 1. The van der Waals surface area contributed by atoms with E-state index in [-0.39, 0.29) is 11.4 Å². The van der Waals surface area contributed by atoms with E-state index in [1.807, 2.05) is 0 Å². The number of aromatic hydroxyl groups is 1. The van der Waals surface area contributed by atoms with E-state index in [0.717, 1.165) is 0 Å². The second-order valence-corrected chi connectivity index (χ2v) is 4.02. The van der Waals surface area contributed by atoms with Crippen molar-refractivity contribution in [3.05, 3.63) is 36.4 Å². The first kappa shape index (κ1) is 10.5. The third-order valence-corrected chi connectivity index (χ3v) is 2.69. The van der Waals surface area contributed by atoms with Gasteiger partial charge in [0.25, 0.3) is 0 Å². The number of hydrogen-bond acceptors (Lipinski definition) is 5. The molecule has 1 heterocycles. The molecule has 0 aliphatic carbocycles. The van der Waals surface area contributed by atoms with Crippen LogP contribution < -0.4 is 11.5 Å². The molecule has 0 aliphatic heterocycles. The van der Waals surface area contributed by atoms with Crippen LogP contribution in [0, 0.1) is 0 Å². The molecule has 0 spiro atoms. The number of nitrogen functional groups attached to an aromatic ring is 2. The van der Waals surface area contributed by atoms with E-state index in [4.69, 9.17) is 15.9 Å². The lowest BCUT2D eigenvalue weighted by molar-refractivity contribution is 0.478. The molecule has 0 amide bonds. The topological polar surface area (TPSA) is 98.3 Å². The van der Waals surface area contributed by atoms with E-state index in [9.17, 15) is 5.11 Å². The van der Waals surface area contributed by atoms with Gasteiger partial charge in [0, 0.05) is 11.3 Å². The van der Waals surface area contributed by atoms with Gasteiger partial charge in [0.1, 0.15) is 11.3 Å². The second-order valence-electron chi connectivity index (χ2n) is 4.02. The highest BCUT2D eigenvalue weighted by Gasteiger charge is 2.09. The Morgan fingerprint density at radius 3 is 2.67 bits per heavy atom. The highest BCUT2D eigenvalue weighted by atomic mass is 16.3. The second kappa shape index (κ2) is 3.66. The van der Waals surface area contributed by atoms with Crippen molar-refractivity contribution >= 4 is 22.5 Å². The van der Waals surface area contributed by atoms with Crippen molar-refractivity contribution in [2.24, 2.45) is 0 Å². The van der Waals surface area contributed by atoms with Gasteiger partial charge in [-0.15, -0.1) is 0 Å². The van der Waals surface area contributed by atoms with E-state index < -0.39 is 0 Å². The number of benzene rings is 2. The normalized spacial score (nSPS) is 10.9. The molecule has 5 N–H and O–H groups in total. The molecule has 3 rings (SSSR count). The fourth-order valence-corrected chi connectivity index (χ4v) is 1.76. The molecule has 0 unspecified atom stereocenters. The Morgan fingerprint density at radius 1 is 1.06 bits per heavy atom. The molecule has 0 aliphatic rings. The quantitative estimate of drug-likeness (QED) is 0.448. The van der Waals surface area contributed by atoms with E-state index in [2.05, 4.69) is 4.98 Å². The van der Waals surface area contributed by atoms with Crippen LogP contribution in [0.15, 0.2) is 40.8 Å². The number of phenolic OH excluding ortho intramolecular Hbond substituents is 1. The van der Waals surface area contributed by atoms with Gasteiger partial charge < -0.3 is 21.0 Å². The van der Waals surface area contributed by atoms with Crippen molar-refractivity contribution in [2.45, 2.75) is 0 Å². The van der Waals surface area contributed by atoms with Crippen LogP contribution >= 0.6 is 0 Å². The molecule has 1 aromatic heterocycles. The van der Waals surface area contributed by atoms with Gasteiger partial charge in [0.05, 0.1) is 5.69 Å². The van der Waals surface area contributed by atoms with E-state index in [0.29, 0.717) is 28.2 Å². The molecule has 0 radical (unpaired) electrons. The number of hydrogen-bond donors (Lipinski definition) is 3. The molecule has 0 saturated heterocycles. The Morgan fingerprint density at radius 2 is 1.89 bits per heavy atom. The SMILES string of the molecule is Nc1ccc2oc(-c3ccc(O)c(N)c3)nc2c1. The minimum atomic E-state index is 0.0408. The maximum atomic E-state index is 9.37. The third-order valence-electron chi connectivity index (χ3n) is 2.69. The number of fused-ring (bicyclic) bond motifs is 1. The predicted octanol–water partition coefficient (Wildman–Crippen LogP) is 2.36. The highest BCUT2D eigenvalue weighted by molar-refractivity contribution is 5.80. The fourth-order valence-electron chi connectivity index (χ4n) is 1.76. The van der Waals surface area contributed by atoms with Gasteiger partial charge in [0.15, 0.2) is 5.58 Å². The number of oxazole rings is 1. The van der Waals surface area contributed by atoms with Gasteiger partial charge in [-0.25, -0.2) is 4.98 Å². The monoisotopic (exact) mass is 241 g/mol. The number of phenols is 1. The molecular formula is C13H11N3O2. The van der Waals surface area contributed by atoms with Crippen LogP contribution in [0.1, 0.15) is 0 Å². The van der Waals surface area contributed by atoms with Crippen molar-refractivity contribution in [3.8, 4) is 17.2 Å². The lowest BCUT2D eigenvalue weighted by Crippen LogP contribution is -1.86. The van der Waals surface area contributed by atoms with Gasteiger partial charge in [-0.05, 0) is 36.4 Å². The lowest BCUT2D eigenvalue weighted by atomic mass is 10.2. The van der Waals surface area contributed by atoms with Crippen LogP contribution in [0.5, 0.6) is 5.75 Å². The van der Waals surface area contributed by atoms with Gasteiger partial charge >= 0.3 is 0 Å². The smallest absolute Gasteiger partial charge is 0.227 e. The molecule has 90 valence electrons. The van der Waals surface area contributed by atoms with Crippen LogP contribution in [-0.2, 0) is 0 Å². The summed E-state index contributed by atoms with van der Waals surface area (Å²) in [6.45, 7) is 0. The maximum Gasteiger partial charge on any atom is 0.227 e. The minimum Gasteiger partial charge on any atom is -0.506 e. The fraction of sp³-hybridized carbons (Fsp3) is 0. The third kappa shape index (κ3) is 1.62. The van der Waals surface area contributed by atoms with Gasteiger partial charge in [-0.3, -0.25) is 0 Å². The Bertz CT molecular complexity index is 734. The summed E-state index contributed by atoms with van der Waals surface area (Å²) in [6.07, 6.45) is 0. The highest BCUT2D eigenvalue weighted by Crippen LogP contribution is 2.29. The zero-order valence-corrected chi connectivity index (χ0v) is 9.42. The summed E-state index contributed by atoms with van der Waals surface area (Å²) in [6, 6.07) is 10.1. The van der Waals surface area contributed by atoms with E-state index >= 15 is 0 Å². The number of anilines is 2. The summed E-state index contributed by atoms with van der Waals surface area (Å²) < 4.78 is 5.60. The molecule has 2 aromatic carbocycles. The first-order chi connectivity index (χ1) is 8.63. The van der Waals surface area contributed by atoms with Crippen molar-refractivity contribution < 1.29 is 9.52 Å².